The molecule has 0 unspecified atom stereocenters. The Morgan fingerprint density at radius 2 is 2.00 bits per heavy atom. The van der Waals surface area contributed by atoms with E-state index in [0.717, 1.165) is 16.6 Å². The highest BCUT2D eigenvalue weighted by Crippen LogP contribution is 2.18. The first-order chi connectivity index (χ1) is 6.86. The normalized spacial score (nSPS) is 11.1. The number of benzene rings is 1. The average Bonchev–Trinajstić information content (AvgIpc) is 2.67. The van der Waals surface area contributed by atoms with Gasteiger partial charge in [0.1, 0.15) is 11.3 Å². The Kier molecular flexibility index (Phi) is 1.28. The van der Waals surface area contributed by atoms with Gasteiger partial charge in [0.25, 0.3) is 0 Å². The molecule has 3 rings (SSSR count). The first-order valence-electron chi connectivity index (χ1n) is 4.32. The summed E-state index contributed by atoms with van der Waals surface area (Å²) in [5.41, 5.74) is 8.55. The van der Waals surface area contributed by atoms with E-state index in [1.165, 1.54) is 0 Å². The van der Waals surface area contributed by atoms with Crippen molar-refractivity contribution in [3.05, 3.63) is 36.8 Å². The molecule has 3 aromatic rings. The molecule has 14 heavy (non-hydrogen) atoms. The van der Waals surface area contributed by atoms with Gasteiger partial charge in [-0.1, -0.05) is 12.1 Å². The van der Waals surface area contributed by atoms with Crippen molar-refractivity contribution >= 4 is 22.4 Å². The summed E-state index contributed by atoms with van der Waals surface area (Å²) in [5.74, 6) is 0.515. The summed E-state index contributed by atoms with van der Waals surface area (Å²) < 4.78 is 1.94. The number of aromatic nitrogens is 3. The van der Waals surface area contributed by atoms with E-state index in [0.29, 0.717) is 5.82 Å². The van der Waals surface area contributed by atoms with Crippen molar-refractivity contribution in [2.75, 3.05) is 5.73 Å². The predicted molar refractivity (Wildman–Crippen MR) is 54.9 cm³/mol. The molecule has 1 aromatic carbocycles. The molecule has 2 heterocycles. The summed E-state index contributed by atoms with van der Waals surface area (Å²) in [7, 11) is 0. The van der Waals surface area contributed by atoms with Crippen molar-refractivity contribution < 1.29 is 0 Å². The van der Waals surface area contributed by atoms with Gasteiger partial charge in [-0.2, -0.15) is 0 Å². The van der Waals surface area contributed by atoms with E-state index >= 15 is 0 Å². The Morgan fingerprint density at radius 1 is 1.14 bits per heavy atom. The van der Waals surface area contributed by atoms with Crippen molar-refractivity contribution in [1.29, 1.82) is 0 Å². The summed E-state index contributed by atoms with van der Waals surface area (Å²) in [6, 6.07) is 7.85. The van der Waals surface area contributed by atoms with Crippen LogP contribution in [0.3, 0.4) is 0 Å². The van der Waals surface area contributed by atoms with E-state index in [4.69, 9.17) is 5.73 Å². The van der Waals surface area contributed by atoms with Crippen molar-refractivity contribution in [3.8, 4) is 0 Å². The molecule has 0 saturated carbocycles. The molecule has 0 aliphatic rings. The van der Waals surface area contributed by atoms with E-state index < -0.39 is 0 Å². The Balaban J connectivity index is 2.66. The second-order valence-electron chi connectivity index (χ2n) is 3.13. The molecule has 0 bridgehead atoms. The van der Waals surface area contributed by atoms with Gasteiger partial charge >= 0.3 is 0 Å². The third-order valence-electron chi connectivity index (χ3n) is 2.28. The second-order valence-corrected chi connectivity index (χ2v) is 3.13. The lowest BCUT2D eigenvalue weighted by Crippen LogP contribution is -1.96. The zero-order valence-electron chi connectivity index (χ0n) is 7.38. The number of nitrogens with two attached hydrogens (primary N) is 1. The van der Waals surface area contributed by atoms with Crippen LogP contribution in [0.2, 0.25) is 0 Å². The third-order valence-corrected chi connectivity index (χ3v) is 2.28. The lowest BCUT2D eigenvalue weighted by molar-refractivity contribution is 1.19. The maximum Gasteiger partial charge on any atom is 0.150 e. The highest BCUT2D eigenvalue weighted by atomic mass is 15.0. The van der Waals surface area contributed by atoms with Crippen LogP contribution in [0.4, 0.5) is 5.82 Å². The molecule has 68 valence electrons. The van der Waals surface area contributed by atoms with Gasteiger partial charge in [-0.05, 0) is 12.1 Å². The third kappa shape index (κ3) is 0.821. The summed E-state index contributed by atoms with van der Waals surface area (Å²) in [4.78, 5) is 8.35. The standard InChI is InChI=1S/C10H8N4/c11-10-9-5-12-6-14(9)8-4-2-1-3-7(8)13-10/h1-6H,(H2,11,13). The topological polar surface area (TPSA) is 56.2 Å². The SMILES string of the molecule is Nc1nc2ccccc2n2cncc12. The van der Waals surface area contributed by atoms with Crippen molar-refractivity contribution in [2.45, 2.75) is 0 Å². The number of anilines is 1. The van der Waals surface area contributed by atoms with Crippen LogP contribution < -0.4 is 5.73 Å². The van der Waals surface area contributed by atoms with Crippen molar-refractivity contribution in [2.24, 2.45) is 0 Å². The van der Waals surface area contributed by atoms with Gasteiger partial charge in [-0.25, -0.2) is 9.97 Å². The average molecular weight is 184 g/mol. The van der Waals surface area contributed by atoms with Gasteiger partial charge in [0.2, 0.25) is 0 Å². The largest absolute Gasteiger partial charge is 0.382 e. The maximum absolute atomic E-state index is 5.79. The molecule has 4 nitrogen and oxygen atoms in total. The van der Waals surface area contributed by atoms with Crippen LogP contribution >= 0.6 is 0 Å². The number of nitrogens with zero attached hydrogens (tertiary/aromatic N) is 3. The Labute approximate surface area is 80.0 Å². The van der Waals surface area contributed by atoms with Gasteiger partial charge in [-0.15, -0.1) is 0 Å². The lowest BCUT2D eigenvalue weighted by atomic mass is 10.3. The van der Waals surface area contributed by atoms with E-state index in [9.17, 15) is 0 Å². The van der Waals surface area contributed by atoms with E-state index in [1.54, 1.807) is 12.5 Å². The fourth-order valence-electron chi connectivity index (χ4n) is 1.63. The fourth-order valence-corrected chi connectivity index (χ4v) is 1.63. The molecule has 0 aliphatic carbocycles. The molecule has 0 amide bonds. The van der Waals surface area contributed by atoms with Gasteiger partial charge in [-0.3, -0.25) is 4.40 Å². The summed E-state index contributed by atoms with van der Waals surface area (Å²) >= 11 is 0. The Bertz CT molecular complexity index is 612. The lowest BCUT2D eigenvalue weighted by Gasteiger charge is -2.02. The molecular weight excluding hydrogens is 176 g/mol. The van der Waals surface area contributed by atoms with Gasteiger partial charge in [0.05, 0.1) is 23.6 Å². The molecule has 2 aromatic heterocycles. The molecular formula is C10H8N4. The minimum Gasteiger partial charge on any atom is -0.382 e. The van der Waals surface area contributed by atoms with Crippen LogP contribution in [-0.4, -0.2) is 14.4 Å². The molecule has 0 spiro atoms. The molecule has 0 atom stereocenters. The second kappa shape index (κ2) is 2.45. The monoisotopic (exact) mass is 184 g/mol. The number of imidazole rings is 1. The first kappa shape index (κ1) is 7.32. The molecule has 0 radical (unpaired) electrons. The minimum absolute atomic E-state index is 0.515. The van der Waals surface area contributed by atoms with Gasteiger partial charge < -0.3 is 5.73 Å². The number of hydrogen-bond acceptors (Lipinski definition) is 3. The Hall–Kier alpha value is -2.10. The number of rotatable bonds is 0. The predicted octanol–water partition coefficient (Wildman–Crippen LogP) is 1.46. The van der Waals surface area contributed by atoms with Crippen LogP contribution in [-0.2, 0) is 0 Å². The van der Waals surface area contributed by atoms with Gasteiger partial charge in [0, 0.05) is 0 Å². The van der Waals surface area contributed by atoms with Crippen LogP contribution in [0.5, 0.6) is 0 Å². The fraction of sp³-hybridized carbons (Fsp3) is 0. The Morgan fingerprint density at radius 3 is 2.93 bits per heavy atom. The van der Waals surface area contributed by atoms with Crippen LogP contribution in [0.25, 0.3) is 16.6 Å². The first-order valence-corrected chi connectivity index (χ1v) is 4.32. The van der Waals surface area contributed by atoms with Crippen LogP contribution in [0, 0.1) is 0 Å². The quantitative estimate of drug-likeness (QED) is 0.575. The number of fused-ring (bicyclic) bond motifs is 3. The summed E-state index contributed by atoms with van der Waals surface area (Å²) in [6.07, 6.45) is 3.46. The number of nitrogen functional groups attached to an aromatic ring is 1. The summed E-state index contributed by atoms with van der Waals surface area (Å²) in [6.45, 7) is 0. The maximum atomic E-state index is 5.79. The minimum atomic E-state index is 0.515. The molecule has 0 saturated heterocycles. The van der Waals surface area contributed by atoms with Crippen molar-refractivity contribution in [3.63, 3.8) is 0 Å². The summed E-state index contributed by atoms with van der Waals surface area (Å²) in [5, 5.41) is 0. The van der Waals surface area contributed by atoms with Crippen LogP contribution in [0.15, 0.2) is 36.8 Å². The highest BCUT2D eigenvalue weighted by molar-refractivity contribution is 5.83. The highest BCUT2D eigenvalue weighted by Gasteiger charge is 2.04. The smallest absolute Gasteiger partial charge is 0.150 e. The van der Waals surface area contributed by atoms with E-state index in [-0.39, 0.29) is 0 Å². The number of hydrogen-bond donors (Lipinski definition) is 1. The molecule has 4 heteroatoms. The van der Waals surface area contributed by atoms with Gasteiger partial charge in [0.15, 0.2) is 0 Å². The molecule has 2 N–H and O–H groups in total. The van der Waals surface area contributed by atoms with E-state index in [2.05, 4.69) is 9.97 Å². The molecule has 0 fully saturated rings. The number of para-hydroxylation sites is 2. The molecule has 0 aliphatic heterocycles. The zero-order chi connectivity index (χ0) is 9.54. The van der Waals surface area contributed by atoms with Crippen LogP contribution in [0.1, 0.15) is 0 Å². The van der Waals surface area contributed by atoms with Crippen molar-refractivity contribution in [1.82, 2.24) is 14.4 Å². The zero-order valence-corrected chi connectivity index (χ0v) is 7.38. The van der Waals surface area contributed by atoms with E-state index in [1.807, 2.05) is 28.7 Å².